The molecule has 0 aliphatic heterocycles. The number of rotatable bonds is 4. The average Bonchev–Trinajstić information content (AvgIpc) is 1.55. The van der Waals surface area contributed by atoms with E-state index in [1.807, 2.05) is 0 Å². The van der Waals surface area contributed by atoms with Crippen LogP contribution in [0.1, 0.15) is 0 Å². The zero-order valence-corrected chi connectivity index (χ0v) is 7.76. The molecule has 4 N–H and O–H groups in total. The first-order valence-electron chi connectivity index (χ1n) is 1.86. The Morgan fingerprint density at radius 3 is 1.25 bits per heavy atom. The minimum absolute atomic E-state index is 0. The largest absolute Gasteiger partial charge is 0.499 e. The van der Waals surface area contributed by atoms with Gasteiger partial charge < -0.3 is 19.6 Å². The SMILES string of the molecule is O=P(O)(O)OOOP(=O)(O)O.[Cu]. The molecule has 0 fully saturated rings. The van der Waals surface area contributed by atoms with Gasteiger partial charge in [-0.1, -0.05) is 9.35 Å². The zero-order chi connectivity index (χ0) is 9.12. The number of phosphoric acid groups is 2. The molecular weight excluding hydrogens is 269 g/mol. The Labute approximate surface area is 76.4 Å². The molecule has 0 aromatic rings. The van der Waals surface area contributed by atoms with Crippen molar-refractivity contribution < 1.29 is 60.2 Å². The van der Waals surface area contributed by atoms with E-state index in [0.29, 0.717) is 0 Å². The van der Waals surface area contributed by atoms with Crippen molar-refractivity contribution in [2.45, 2.75) is 0 Å². The van der Waals surface area contributed by atoms with Gasteiger partial charge in [0.05, 0.1) is 0 Å². The summed E-state index contributed by atoms with van der Waals surface area (Å²) in [6.07, 6.45) is 0. The number of hydrogen-bond acceptors (Lipinski definition) is 5. The van der Waals surface area contributed by atoms with E-state index >= 15 is 0 Å². The molecule has 12 heteroatoms. The van der Waals surface area contributed by atoms with E-state index in [4.69, 9.17) is 19.6 Å². The fraction of sp³-hybridized carbons (Fsp3) is 0. The van der Waals surface area contributed by atoms with E-state index in [-0.39, 0.29) is 17.1 Å². The summed E-state index contributed by atoms with van der Waals surface area (Å²) in [5, 5.41) is 3.04. The van der Waals surface area contributed by atoms with Crippen LogP contribution in [-0.4, -0.2) is 19.6 Å². The van der Waals surface area contributed by atoms with Crippen LogP contribution in [0.15, 0.2) is 0 Å². The summed E-state index contributed by atoms with van der Waals surface area (Å²) in [4.78, 5) is 31.4. The van der Waals surface area contributed by atoms with Crippen molar-refractivity contribution in [2.24, 2.45) is 0 Å². The zero-order valence-electron chi connectivity index (χ0n) is 5.03. The quantitative estimate of drug-likeness (QED) is 0.220. The molecule has 0 saturated carbocycles. The Morgan fingerprint density at radius 2 is 1.08 bits per heavy atom. The molecule has 9 nitrogen and oxygen atoms in total. The van der Waals surface area contributed by atoms with Gasteiger partial charge in [-0.05, 0) is 5.04 Å². The first-order valence-corrected chi connectivity index (χ1v) is 4.92. The van der Waals surface area contributed by atoms with Crippen molar-refractivity contribution in [2.75, 3.05) is 0 Å². The van der Waals surface area contributed by atoms with Crippen molar-refractivity contribution in [3.63, 3.8) is 0 Å². The summed E-state index contributed by atoms with van der Waals surface area (Å²) in [7, 11) is -9.88. The van der Waals surface area contributed by atoms with Gasteiger partial charge in [0.1, 0.15) is 0 Å². The van der Waals surface area contributed by atoms with E-state index in [2.05, 4.69) is 14.4 Å². The molecule has 0 rings (SSSR count). The number of hydrogen-bond donors (Lipinski definition) is 4. The fourth-order valence-electron chi connectivity index (χ4n) is 0.0929. The second kappa shape index (κ2) is 5.43. The minimum Gasteiger partial charge on any atom is -0.301 e. The smallest absolute Gasteiger partial charge is 0.301 e. The summed E-state index contributed by atoms with van der Waals surface area (Å²) in [5.41, 5.74) is 0. The van der Waals surface area contributed by atoms with Crippen LogP contribution in [0.5, 0.6) is 0 Å². The van der Waals surface area contributed by atoms with Gasteiger partial charge in [0.15, 0.2) is 0 Å². The molecule has 0 spiro atoms. The first kappa shape index (κ1) is 15.2. The Bertz CT molecular complexity index is 175. The summed E-state index contributed by atoms with van der Waals surface area (Å²) in [6.45, 7) is 0. The van der Waals surface area contributed by atoms with Crippen LogP contribution in [0.3, 0.4) is 0 Å². The van der Waals surface area contributed by atoms with Crippen LogP contribution >= 0.6 is 15.6 Å². The van der Waals surface area contributed by atoms with Crippen LogP contribution in [0.25, 0.3) is 0 Å². The Morgan fingerprint density at radius 1 is 0.833 bits per heavy atom. The molecule has 79 valence electrons. The van der Waals surface area contributed by atoms with Gasteiger partial charge in [-0.25, -0.2) is 9.13 Å². The van der Waals surface area contributed by atoms with E-state index < -0.39 is 15.6 Å². The van der Waals surface area contributed by atoms with Gasteiger partial charge in [-0.2, -0.15) is 0 Å². The predicted molar refractivity (Wildman–Crippen MR) is 27.3 cm³/mol. The molecule has 0 unspecified atom stereocenters. The standard InChI is InChI=1S/Cu.H4O9P2/c;1-10(2,3)8-7-9-11(4,5)6/h;(H2,1,2,3)(H2,4,5,6). The van der Waals surface area contributed by atoms with Crippen LogP contribution in [0.4, 0.5) is 0 Å². The maximum Gasteiger partial charge on any atom is 0.499 e. The first-order chi connectivity index (χ1) is 4.71. The fourth-order valence-corrected chi connectivity index (χ4v) is 0.360. The summed E-state index contributed by atoms with van der Waals surface area (Å²) in [6, 6.07) is 0. The maximum atomic E-state index is 9.73. The Balaban J connectivity index is 0. The van der Waals surface area contributed by atoms with Crippen LogP contribution < -0.4 is 0 Å². The van der Waals surface area contributed by atoms with Crippen molar-refractivity contribution in [1.82, 2.24) is 0 Å². The van der Waals surface area contributed by atoms with Gasteiger partial charge in [0.25, 0.3) is 0 Å². The van der Waals surface area contributed by atoms with E-state index in [1.165, 1.54) is 0 Å². The Hall–Kier alpha value is 0.699. The molecule has 0 bridgehead atoms. The summed E-state index contributed by atoms with van der Waals surface area (Å²) in [5.74, 6) is 0. The Kier molecular flexibility index (Phi) is 6.88. The molecule has 0 aliphatic rings. The van der Waals surface area contributed by atoms with Crippen molar-refractivity contribution in [1.29, 1.82) is 0 Å². The molecule has 0 atom stereocenters. The van der Waals surface area contributed by atoms with E-state index in [9.17, 15) is 9.13 Å². The second-order valence-corrected chi connectivity index (χ2v) is 3.46. The third-order valence-electron chi connectivity index (χ3n) is 0.255. The topological polar surface area (TPSA) is 143 Å². The van der Waals surface area contributed by atoms with Crippen LogP contribution in [-0.2, 0) is 40.6 Å². The van der Waals surface area contributed by atoms with Gasteiger partial charge in [-0.3, -0.25) is 0 Å². The molecule has 0 saturated heterocycles. The van der Waals surface area contributed by atoms with Gasteiger partial charge in [-0.15, -0.1) is 0 Å². The minimum atomic E-state index is -4.94. The van der Waals surface area contributed by atoms with Gasteiger partial charge in [0.2, 0.25) is 0 Å². The second-order valence-electron chi connectivity index (χ2n) is 1.20. The van der Waals surface area contributed by atoms with Crippen molar-refractivity contribution in [3.8, 4) is 0 Å². The van der Waals surface area contributed by atoms with Crippen LogP contribution in [0.2, 0.25) is 0 Å². The third-order valence-corrected chi connectivity index (χ3v) is 0.765. The molecular formula is H4CuO9P2. The van der Waals surface area contributed by atoms with Gasteiger partial charge in [0, 0.05) is 17.1 Å². The van der Waals surface area contributed by atoms with Gasteiger partial charge >= 0.3 is 15.6 Å². The van der Waals surface area contributed by atoms with E-state index in [1.54, 1.807) is 0 Å². The molecule has 1 radical (unpaired) electrons. The average molecular weight is 274 g/mol. The molecule has 12 heavy (non-hydrogen) atoms. The predicted octanol–water partition coefficient (Wildman–Crippen LogP) is -0.951. The molecule has 0 heterocycles. The summed E-state index contributed by atoms with van der Waals surface area (Å²) >= 11 is 0. The monoisotopic (exact) mass is 273 g/mol. The normalized spacial score (nSPS) is 12.3. The molecule has 0 aromatic heterocycles. The third kappa shape index (κ3) is 13.3. The van der Waals surface area contributed by atoms with Crippen molar-refractivity contribution >= 4 is 15.6 Å². The summed E-state index contributed by atoms with van der Waals surface area (Å²) < 4.78 is 25.6. The maximum absolute atomic E-state index is 9.73. The molecule has 0 aliphatic carbocycles. The molecule has 0 aromatic carbocycles. The van der Waals surface area contributed by atoms with E-state index in [0.717, 1.165) is 0 Å². The van der Waals surface area contributed by atoms with Crippen molar-refractivity contribution in [3.05, 3.63) is 0 Å². The van der Waals surface area contributed by atoms with Crippen LogP contribution in [0, 0.1) is 0 Å². The molecule has 0 amide bonds.